The summed E-state index contributed by atoms with van der Waals surface area (Å²) in [5.41, 5.74) is 2.84. The summed E-state index contributed by atoms with van der Waals surface area (Å²) < 4.78 is 5.05. The molecule has 6 heteroatoms. The van der Waals surface area contributed by atoms with E-state index < -0.39 is 18.5 Å². The van der Waals surface area contributed by atoms with Gasteiger partial charge in [0, 0.05) is 15.7 Å². The van der Waals surface area contributed by atoms with Crippen LogP contribution in [0.15, 0.2) is 72.8 Å². The van der Waals surface area contributed by atoms with Crippen LogP contribution in [0.5, 0.6) is 0 Å². The smallest absolute Gasteiger partial charge is 0.338 e. The molecule has 0 bridgehead atoms. The Labute approximate surface area is 166 Å². The van der Waals surface area contributed by atoms with Crippen LogP contribution in [0.1, 0.15) is 10.4 Å². The summed E-state index contributed by atoms with van der Waals surface area (Å²) in [7, 11) is 0. The Bertz CT molecular complexity index is 937. The van der Waals surface area contributed by atoms with Crippen molar-refractivity contribution in [1.82, 2.24) is 0 Å². The molecule has 0 aromatic heterocycles. The van der Waals surface area contributed by atoms with Gasteiger partial charge in [-0.15, -0.1) is 0 Å². The molecule has 0 spiro atoms. The van der Waals surface area contributed by atoms with Gasteiger partial charge in [-0.25, -0.2) is 4.79 Å². The average Bonchev–Trinajstić information content (AvgIpc) is 2.66. The largest absolute Gasteiger partial charge is 0.452 e. The van der Waals surface area contributed by atoms with E-state index in [4.69, 9.17) is 27.9 Å². The molecule has 0 heterocycles. The summed E-state index contributed by atoms with van der Waals surface area (Å²) in [5, 5.41) is 3.37. The lowest BCUT2D eigenvalue weighted by Crippen LogP contribution is -2.20. The highest BCUT2D eigenvalue weighted by Crippen LogP contribution is 2.22. The Balaban J connectivity index is 1.56. The number of benzene rings is 3. The van der Waals surface area contributed by atoms with Crippen molar-refractivity contribution < 1.29 is 14.3 Å². The number of carbonyl (C=O) groups excluding carboxylic acids is 2. The van der Waals surface area contributed by atoms with Crippen molar-refractivity contribution in [3.63, 3.8) is 0 Å². The number of halogens is 2. The number of anilines is 1. The molecule has 0 aliphatic heterocycles. The van der Waals surface area contributed by atoms with Crippen molar-refractivity contribution in [2.45, 2.75) is 0 Å². The fourth-order valence-corrected chi connectivity index (χ4v) is 2.99. The van der Waals surface area contributed by atoms with Crippen LogP contribution >= 0.6 is 23.2 Å². The second-order valence-corrected chi connectivity index (χ2v) is 6.60. The van der Waals surface area contributed by atoms with E-state index in [1.807, 2.05) is 42.5 Å². The Morgan fingerprint density at radius 2 is 1.41 bits per heavy atom. The van der Waals surface area contributed by atoms with Crippen LogP contribution in [0.3, 0.4) is 0 Å². The van der Waals surface area contributed by atoms with Crippen molar-refractivity contribution >= 4 is 40.8 Å². The first-order valence-corrected chi connectivity index (χ1v) is 8.85. The number of carbonyl (C=O) groups is 2. The van der Waals surface area contributed by atoms with E-state index in [9.17, 15) is 9.59 Å². The highest BCUT2D eigenvalue weighted by molar-refractivity contribution is 6.35. The molecule has 27 heavy (non-hydrogen) atoms. The molecule has 3 aromatic rings. The van der Waals surface area contributed by atoms with Crippen molar-refractivity contribution in [2.75, 3.05) is 11.9 Å². The molecule has 1 amide bonds. The molecule has 3 rings (SSSR count). The molecule has 0 saturated carbocycles. The lowest BCUT2D eigenvalue weighted by Gasteiger charge is -2.08. The van der Waals surface area contributed by atoms with Crippen LogP contribution in [-0.4, -0.2) is 18.5 Å². The van der Waals surface area contributed by atoms with Crippen molar-refractivity contribution in [3.05, 3.63) is 88.4 Å². The Kier molecular flexibility index (Phi) is 6.12. The first-order valence-electron chi connectivity index (χ1n) is 8.10. The van der Waals surface area contributed by atoms with Gasteiger partial charge >= 0.3 is 5.97 Å². The van der Waals surface area contributed by atoms with Crippen LogP contribution in [0.2, 0.25) is 10.0 Å². The maximum Gasteiger partial charge on any atom is 0.338 e. The molecule has 136 valence electrons. The van der Waals surface area contributed by atoms with Gasteiger partial charge < -0.3 is 10.1 Å². The second-order valence-electron chi connectivity index (χ2n) is 5.73. The molecule has 0 radical (unpaired) electrons. The Morgan fingerprint density at radius 1 is 0.815 bits per heavy atom. The minimum atomic E-state index is -0.575. The first kappa shape index (κ1) is 19.0. The predicted molar refractivity (Wildman–Crippen MR) is 107 cm³/mol. The van der Waals surface area contributed by atoms with Gasteiger partial charge in [0.05, 0.1) is 5.56 Å². The van der Waals surface area contributed by atoms with Gasteiger partial charge in [0.25, 0.3) is 5.91 Å². The maximum atomic E-state index is 12.1. The molecular weight excluding hydrogens is 385 g/mol. The third-order valence-corrected chi connectivity index (χ3v) is 4.14. The van der Waals surface area contributed by atoms with Crippen LogP contribution < -0.4 is 5.32 Å². The first-order chi connectivity index (χ1) is 13.0. The molecule has 1 N–H and O–H groups in total. The fraction of sp³-hybridized carbons (Fsp3) is 0.0476. The molecule has 0 atom stereocenters. The van der Waals surface area contributed by atoms with Gasteiger partial charge in [0.1, 0.15) is 0 Å². The maximum absolute atomic E-state index is 12.1. The normalized spacial score (nSPS) is 10.3. The highest BCUT2D eigenvalue weighted by atomic mass is 35.5. The molecule has 0 aliphatic carbocycles. The SMILES string of the molecule is O=C(COC(=O)c1ccc(-c2ccccc2)cc1)Nc1cc(Cl)cc(Cl)c1. The van der Waals surface area contributed by atoms with Gasteiger partial charge in [0.2, 0.25) is 0 Å². The van der Waals surface area contributed by atoms with E-state index in [2.05, 4.69) is 5.32 Å². The van der Waals surface area contributed by atoms with Gasteiger partial charge in [-0.3, -0.25) is 4.79 Å². The molecule has 0 aliphatic rings. The zero-order chi connectivity index (χ0) is 19.2. The van der Waals surface area contributed by atoms with E-state index >= 15 is 0 Å². The third kappa shape index (κ3) is 5.33. The minimum absolute atomic E-state index is 0.369. The lowest BCUT2D eigenvalue weighted by atomic mass is 10.0. The summed E-state index contributed by atoms with van der Waals surface area (Å²) in [6, 6.07) is 21.5. The number of hydrogen-bond acceptors (Lipinski definition) is 3. The number of ether oxygens (including phenoxy) is 1. The van der Waals surface area contributed by atoms with Crippen LogP contribution in [0, 0.1) is 0 Å². The molecule has 4 nitrogen and oxygen atoms in total. The summed E-state index contributed by atoms with van der Waals surface area (Å²) in [6.07, 6.45) is 0. The van der Waals surface area contributed by atoms with E-state index in [1.165, 1.54) is 0 Å². The molecule has 3 aromatic carbocycles. The number of esters is 1. The number of rotatable bonds is 5. The van der Waals surface area contributed by atoms with Crippen molar-refractivity contribution in [2.24, 2.45) is 0 Å². The van der Waals surface area contributed by atoms with E-state index in [-0.39, 0.29) is 0 Å². The fourth-order valence-electron chi connectivity index (χ4n) is 2.47. The number of nitrogens with one attached hydrogen (secondary N) is 1. The molecule has 0 unspecified atom stereocenters. The predicted octanol–water partition coefficient (Wildman–Crippen LogP) is 5.46. The molecule has 0 fully saturated rings. The zero-order valence-corrected chi connectivity index (χ0v) is 15.6. The van der Waals surface area contributed by atoms with Crippen LogP contribution in [0.4, 0.5) is 5.69 Å². The van der Waals surface area contributed by atoms with E-state index in [0.717, 1.165) is 11.1 Å². The standard InChI is InChI=1S/C21H15Cl2NO3/c22-17-10-18(23)12-19(11-17)24-20(25)13-27-21(26)16-8-6-15(7-9-16)14-4-2-1-3-5-14/h1-12H,13H2,(H,24,25). The topological polar surface area (TPSA) is 55.4 Å². The third-order valence-electron chi connectivity index (χ3n) is 3.71. The van der Waals surface area contributed by atoms with E-state index in [0.29, 0.717) is 21.3 Å². The van der Waals surface area contributed by atoms with Gasteiger partial charge in [0.15, 0.2) is 6.61 Å². The van der Waals surface area contributed by atoms with Crippen LogP contribution in [0.25, 0.3) is 11.1 Å². The second kappa shape index (κ2) is 8.71. The molecule has 0 saturated heterocycles. The molecular formula is C21H15Cl2NO3. The summed E-state index contributed by atoms with van der Waals surface area (Å²) in [6.45, 7) is -0.413. The summed E-state index contributed by atoms with van der Waals surface area (Å²) >= 11 is 11.8. The Morgan fingerprint density at radius 3 is 2.04 bits per heavy atom. The van der Waals surface area contributed by atoms with Crippen molar-refractivity contribution in [1.29, 1.82) is 0 Å². The summed E-state index contributed by atoms with van der Waals surface area (Å²) in [5.74, 6) is -1.06. The van der Waals surface area contributed by atoms with Gasteiger partial charge in [-0.1, -0.05) is 65.7 Å². The van der Waals surface area contributed by atoms with Crippen LogP contribution in [-0.2, 0) is 9.53 Å². The van der Waals surface area contributed by atoms with Gasteiger partial charge in [-0.2, -0.15) is 0 Å². The minimum Gasteiger partial charge on any atom is -0.452 e. The highest BCUT2D eigenvalue weighted by Gasteiger charge is 2.11. The summed E-state index contributed by atoms with van der Waals surface area (Å²) in [4.78, 5) is 24.0. The lowest BCUT2D eigenvalue weighted by molar-refractivity contribution is -0.119. The van der Waals surface area contributed by atoms with E-state index in [1.54, 1.807) is 30.3 Å². The number of amides is 1. The number of hydrogen-bond donors (Lipinski definition) is 1. The van der Waals surface area contributed by atoms with Crippen molar-refractivity contribution in [3.8, 4) is 11.1 Å². The monoisotopic (exact) mass is 399 g/mol. The average molecular weight is 400 g/mol. The zero-order valence-electron chi connectivity index (χ0n) is 14.1. The quantitative estimate of drug-likeness (QED) is 0.579. The Hall–Kier alpha value is -2.82. The van der Waals surface area contributed by atoms with Gasteiger partial charge in [-0.05, 0) is 41.5 Å².